The maximum atomic E-state index is 13.2. The maximum Gasteiger partial charge on any atom is 0.258 e. The summed E-state index contributed by atoms with van der Waals surface area (Å²) in [5, 5.41) is 13.5. The molecule has 9 heteroatoms. The molecule has 3 heterocycles. The van der Waals surface area contributed by atoms with E-state index >= 15 is 0 Å². The molecule has 1 saturated heterocycles. The standard InChI is InChI=1S/C21H29N7O2/c1-4-26-8-10-27(11-9-26)19(20-23-24-25-28(20)12-13-30-3)17-14-16-7-5-6-15(2)18(16)22-21(17)29/h5-7,14,19H,4,8-13H2,1-3H3,(H,22,29)/p+2/t19-/m1/s1. The van der Waals surface area contributed by atoms with Crippen LogP contribution in [0, 0.1) is 6.92 Å². The molecule has 1 aromatic carbocycles. The van der Waals surface area contributed by atoms with Crippen LogP contribution in [-0.2, 0) is 11.3 Å². The summed E-state index contributed by atoms with van der Waals surface area (Å²) in [7, 11) is 1.66. The number of ether oxygens (including phenoxy) is 1. The van der Waals surface area contributed by atoms with Crippen molar-refractivity contribution in [2.45, 2.75) is 26.4 Å². The number of aryl methyl sites for hydroxylation is 1. The van der Waals surface area contributed by atoms with Crippen molar-refractivity contribution < 1.29 is 14.5 Å². The van der Waals surface area contributed by atoms with E-state index in [2.05, 4.69) is 27.4 Å². The van der Waals surface area contributed by atoms with E-state index in [4.69, 9.17) is 4.74 Å². The van der Waals surface area contributed by atoms with Crippen molar-refractivity contribution in [1.29, 1.82) is 0 Å². The summed E-state index contributed by atoms with van der Waals surface area (Å²) in [6.07, 6.45) is 0. The summed E-state index contributed by atoms with van der Waals surface area (Å²) >= 11 is 0. The van der Waals surface area contributed by atoms with Crippen LogP contribution < -0.4 is 15.4 Å². The number of benzene rings is 1. The smallest absolute Gasteiger partial charge is 0.258 e. The Morgan fingerprint density at radius 3 is 2.80 bits per heavy atom. The van der Waals surface area contributed by atoms with E-state index in [1.54, 1.807) is 16.7 Å². The van der Waals surface area contributed by atoms with E-state index < -0.39 is 0 Å². The summed E-state index contributed by atoms with van der Waals surface area (Å²) < 4.78 is 7.01. The van der Waals surface area contributed by atoms with Gasteiger partial charge >= 0.3 is 0 Å². The molecule has 1 fully saturated rings. The van der Waals surface area contributed by atoms with Gasteiger partial charge in [-0.05, 0) is 41.3 Å². The van der Waals surface area contributed by atoms with Gasteiger partial charge in [-0.15, -0.1) is 5.10 Å². The van der Waals surface area contributed by atoms with Crippen LogP contribution in [0.25, 0.3) is 10.9 Å². The van der Waals surface area contributed by atoms with Crippen LogP contribution in [0.3, 0.4) is 0 Å². The third kappa shape index (κ3) is 4.00. The third-order valence-electron chi connectivity index (χ3n) is 6.26. The first kappa shape index (κ1) is 20.6. The molecule has 9 nitrogen and oxygen atoms in total. The summed E-state index contributed by atoms with van der Waals surface area (Å²) in [4.78, 5) is 19.3. The summed E-state index contributed by atoms with van der Waals surface area (Å²) in [5.74, 6) is 0.722. The number of aromatic nitrogens is 5. The van der Waals surface area contributed by atoms with Crippen LogP contribution in [0.4, 0.5) is 0 Å². The number of pyridine rings is 1. The number of nitrogens with zero attached hydrogens (tertiary/aromatic N) is 4. The Hall–Kier alpha value is -2.62. The molecule has 0 aliphatic carbocycles. The summed E-state index contributed by atoms with van der Waals surface area (Å²) in [6.45, 7) is 10.5. The molecule has 1 atom stereocenters. The lowest BCUT2D eigenvalue weighted by Crippen LogP contribution is -3.28. The zero-order valence-corrected chi connectivity index (χ0v) is 17.9. The lowest BCUT2D eigenvalue weighted by atomic mass is 10.0. The highest BCUT2D eigenvalue weighted by Crippen LogP contribution is 2.20. The van der Waals surface area contributed by atoms with E-state index in [9.17, 15) is 4.79 Å². The Labute approximate surface area is 175 Å². The number of nitrogens with one attached hydrogen (secondary N) is 3. The fraction of sp³-hybridized carbons (Fsp3) is 0.524. The Morgan fingerprint density at radius 1 is 1.27 bits per heavy atom. The van der Waals surface area contributed by atoms with Gasteiger partial charge in [0.1, 0.15) is 26.2 Å². The van der Waals surface area contributed by atoms with Gasteiger partial charge in [0, 0.05) is 7.11 Å². The summed E-state index contributed by atoms with van der Waals surface area (Å²) in [6, 6.07) is 7.88. The number of quaternary nitrogens is 2. The van der Waals surface area contributed by atoms with Crippen LogP contribution in [0.1, 0.15) is 29.9 Å². The second-order valence-electron chi connectivity index (χ2n) is 8.04. The topological polar surface area (TPSA) is 94.6 Å². The van der Waals surface area contributed by atoms with Crippen molar-refractivity contribution in [2.75, 3.05) is 46.4 Å². The Bertz CT molecular complexity index is 1050. The number of tetrazole rings is 1. The normalized spacial score (nSPS) is 20.5. The number of methoxy groups -OCH3 is 1. The van der Waals surface area contributed by atoms with Gasteiger partial charge in [-0.2, -0.15) is 0 Å². The molecule has 0 amide bonds. The Kier molecular flexibility index (Phi) is 6.21. The minimum atomic E-state index is -0.219. The molecule has 0 saturated carbocycles. The molecule has 0 radical (unpaired) electrons. The highest BCUT2D eigenvalue weighted by atomic mass is 16.5. The molecule has 3 aromatic rings. The lowest BCUT2D eigenvalue weighted by Gasteiger charge is -2.33. The first-order valence-corrected chi connectivity index (χ1v) is 10.7. The average molecular weight is 414 g/mol. The average Bonchev–Trinajstić information content (AvgIpc) is 3.22. The number of hydrogen-bond acceptors (Lipinski definition) is 5. The molecule has 0 unspecified atom stereocenters. The van der Waals surface area contributed by atoms with E-state index in [1.165, 1.54) is 4.90 Å². The highest BCUT2D eigenvalue weighted by molar-refractivity contribution is 5.82. The number of hydrogen-bond donors (Lipinski definition) is 3. The summed E-state index contributed by atoms with van der Waals surface area (Å²) in [5.41, 5.74) is 2.60. The second kappa shape index (κ2) is 9.03. The van der Waals surface area contributed by atoms with E-state index in [-0.39, 0.29) is 11.6 Å². The Balaban J connectivity index is 1.80. The molecule has 1 aliphatic heterocycles. The monoisotopic (exact) mass is 413 g/mol. The molecule has 1 aliphatic rings. The quantitative estimate of drug-likeness (QED) is 0.432. The molecule has 4 rings (SSSR count). The fourth-order valence-corrected chi connectivity index (χ4v) is 4.48. The van der Waals surface area contributed by atoms with Crippen molar-refractivity contribution in [3.05, 3.63) is 51.6 Å². The van der Waals surface area contributed by atoms with Crippen molar-refractivity contribution in [1.82, 2.24) is 25.2 Å². The van der Waals surface area contributed by atoms with Gasteiger partial charge in [0.25, 0.3) is 5.56 Å². The zero-order chi connectivity index (χ0) is 21.1. The van der Waals surface area contributed by atoms with Crippen LogP contribution in [0.15, 0.2) is 29.1 Å². The molecule has 0 spiro atoms. The van der Waals surface area contributed by atoms with Crippen LogP contribution in [0.5, 0.6) is 0 Å². The lowest BCUT2D eigenvalue weighted by molar-refractivity contribution is -1.02. The molecule has 160 valence electrons. The number of piperazine rings is 1. The zero-order valence-electron chi connectivity index (χ0n) is 17.9. The minimum absolute atomic E-state index is 0.0686. The minimum Gasteiger partial charge on any atom is -0.383 e. The number of rotatable bonds is 7. The van der Waals surface area contributed by atoms with E-state index in [0.29, 0.717) is 13.2 Å². The largest absolute Gasteiger partial charge is 0.383 e. The van der Waals surface area contributed by atoms with Crippen molar-refractivity contribution in [3.63, 3.8) is 0 Å². The number of para-hydroxylation sites is 1. The van der Waals surface area contributed by atoms with Crippen LogP contribution in [-0.4, -0.2) is 71.6 Å². The molecule has 3 N–H and O–H groups in total. The maximum absolute atomic E-state index is 13.2. The predicted octanol–water partition coefficient (Wildman–Crippen LogP) is -1.64. The van der Waals surface area contributed by atoms with Gasteiger partial charge in [-0.25, -0.2) is 4.68 Å². The second-order valence-corrected chi connectivity index (χ2v) is 8.04. The first-order valence-electron chi connectivity index (χ1n) is 10.7. The van der Waals surface area contributed by atoms with Gasteiger partial charge in [0.2, 0.25) is 5.82 Å². The van der Waals surface area contributed by atoms with E-state index in [1.807, 2.05) is 31.2 Å². The van der Waals surface area contributed by atoms with Gasteiger partial charge in [-0.1, -0.05) is 18.2 Å². The van der Waals surface area contributed by atoms with Crippen LogP contribution >= 0.6 is 0 Å². The molecule has 2 aromatic heterocycles. The number of aromatic amines is 1. The number of fused-ring (bicyclic) bond motifs is 1. The van der Waals surface area contributed by atoms with E-state index in [0.717, 1.165) is 60.6 Å². The molecule has 0 bridgehead atoms. The van der Waals surface area contributed by atoms with Crippen LogP contribution in [0.2, 0.25) is 0 Å². The van der Waals surface area contributed by atoms with Crippen molar-refractivity contribution in [2.24, 2.45) is 0 Å². The highest BCUT2D eigenvalue weighted by Gasteiger charge is 2.37. The van der Waals surface area contributed by atoms with Gasteiger partial charge in [-0.3, -0.25) is 4.79 Å². The van der Waals surface area contributed by atoms with Gasteiger partial charge in [0.05, 0.1) is 30.8 Å². The Morgan fingerprint density at radius 2 is 2.07 bits per heavy atom. The molecular formula is C21H31N7O2+2. The van der Waals surface area contributed by atoms with Gasteiger partial charge < -0.3 is 19.5 Å². The van der Waals surface area contributed by atoms with Crippen molar-refractivity contribution >= 4 is 10.9 Å². The SMILES string of the molecule is CC[NH+]1CC[NH+]([C@H](c2cc3cccc(C)c3[nH]c2=O)c2nnnn2CCOC)CC1. The third-order valence-corrected chi connectivity index (χ3v) is 6.26. The molecular weight excluding hydrogens is 382 g/mol. The molecule has 30 heavy (non-hydrogen) atoms. The predicted molar refractivity (Wildman–Crippen MR) is 113 cm³/mol. The first-order chi connectivity index (χ1) is 14.6. The number of likely N-dealkylation sites (N-methyl/N-ethyl adjacent to an activating group) is 1. The fourth-order valence-electron chi connectivity index (χ4n) is 4.48. The number of H-pyrrole nitrogens is 1. The van der Waals surface area contributed by atoms with Gasteiger partial charge in [0.15, 0.2) is 6.04 Å². The van der Waals surface area contributed by atoms with Crippen molar-refractivity contribution in [3.8, 4) is 0 Å².